The monoisotopic (exact) mass is 1020 g/mol. The Balaban J connectivity index is 0.00000120. The molecular formula is C40H42O29S. The molecule has 0 spiro atoms. The third-order valence-corrected chi connectivity index (χ3v) is 9.34. The number of aromatic carboxylic acids is 1. The first-order valence-electron chi connectivity index (χ1n) is 18.9. The summed E-state index contributed by atoms with van der Waals surface area (Å²) in [4.78, 5) is 147. The first-order valence-corrected chi connectivity index (χ1v) is 20.4. The molecule has 0 aliphatic heterocycles. The Bertz CT molecular complexity index is 2440. The lowest BCUT2D eigenvalue weighted by Gasteiger charge is -2.27. The first kappa shape index (κ1) is 61.4. The van der Waals surface area contributed by atoms with Gasteiger partial charge in [0.2, 0.25) is 17.8 Å². The first-order chi connectivity index (χ1) is 32.3. The van der Waals surface area contributed by atoms with Crippen molar-refractivity contribution in [3.63, 3.8) is 0 Å². The van der Waals surface area contributed by atoms with E-state index in [2.05, 4.69) is 18.4 Å². The van der Waals surface area contributed by atoms with Crippen molar-refractivity contribution in [3.05, 3.63) is 77.4 Å². The van der Waals surface area contributed by atoms with Gasteiger partial charge in [-0.05, 0) is 37.6 Å². The maximum Gasteiger partial charge on any atom is 0.349 e. The van der Waals surface area contributed by atoms with E-state index in [4.69, 9.17) is 40.9 Å². The summed E-state index contributed by atoms with van der Waals surface area (Å²) in [5, 5.41) is 89.6. The predicted molar refractivity (Wildman–Crippen MR) is 218 cm³/mol. The second-order valence-electron chi connectivity index (χ2n) is 13.6. The van der Waals surface area contributed by atoms with Crippen LogP contribution in [-0.2, 0) is 86.0 Å². The molecule has 0 saturated heterocycles. The summed E-state index contributed by atoms with van der Waals surface area (Å²) in [5.41, 5.74) is -3.51. The molecule has 0 saturated carbocycles. The van der Waals surface area contributed by atoms with E-state index in [0.717, 1.165) is 5.56 Å². The molecule has 70 heavy (non-hydrogen) atoms. The molecule has 2 rings (SSSR count). The van der Waals surface area contributed by atoms with Gasteiger partial charge in [-0.1, -0.05) is 42.8 Å². The number of hydrogen-bond acceptors (Lipinski definition) is 20. The van der Waals surface area contributed by atoms with E-state index in [1.165, 1.54) is 24.3 Å². The van der Waals surface area contributed by atoms with E-state index in [0.29, 0.717) is 12.0 Å². The van der Waals surface area contributed by atoms with Gasteiger partial charge in [-0.3, -0.25) is 28.8 Å². The van der Waals surface area contributed by atoms with Crippen molar-refractivity contribution in [2.24, 2.45) is 5.92 Å². The number of aliphatic hydroxyl groups excluding tert-OH is 1. The quantitative estimate of drug-likeness (QED) is 0.0200. The summed E-state index contributed by atoms with van der Waals surface area (Å²) in [6.45, 7) is 3.34. The van der Waals surface area contributed by atoms with Crippen molar-refractivity contribution in [2.45, 2.75) is 81.2 Å². The number of carboxylic acid groups (broad SMARTS) is 9. The molecule has 0 amide bonds. The number of carbonyl (C=O) groups is 13. The number of carbonyl (C=O) groups excluding carboxylic acids is 4. The Morgan fingerprint density at radius 1 is 0.671 bits per heavy atom. The van der Waals surface area contributed by atoms with Gasteiger partial charge in [0, 0.05) is 12.5 Å². The average molecular weight is 1020 g/mol. The third-order valence-electron chi connectivity index (χ3n) is 8.03. The van der Waals surface area contributed by atoms with Crippen LogP contribution >= 0.6 is 0 Å². The average Bonchev–Trinajstić information content (AvgIpc) is 3.23. The minimum atomic E-state index is -4.58. The standard InChI is InChI=1S/C18H18O18.C15H18O9S.C7H6O2/c19-8(20)1-6(2-9(21)22)15(31)36-18(17(33)34,4-11(25)26)5-12(27)35-16(32)7(3-10(23)24)13(28)14(29)30;1-3-4-11(16)23-12(14(17)18)13(15(19)20)24-25(21,22)10-7-5-9(2)6-8-10;8-7(9)6-4-2-1-3-5-6/h1,7,13,28H,2-5H2,(H,19,20)(H,21,22)(H,23,24)(H,25,26)(H,29,30)(H,33,34);5-8,12-13H,3-4H2,1-2H3,(H,17,18)(H,19,20);1-5H,(H,8,9)/b6-1+;;. The Kier molecular flexibility index (Phi) is 25.0. The Labute approximate surface area is 391 Å². The zero-order valence-electron chi connectivity index (χ0n) is 36.0. The molecule has 0 aliphatic rings. The van der Waals surface area contributed by atoms with Gasteiger partial charge in [-0.15, -0.1) is 0 Å². The molecule has 0 radical (unpaired) electrons. The van der Waals surface area contributed by atoms with Gasteiger partial charge in [0.05, 0.1) is 41.7 Å². The number of carboxylic acids is 9. The van der Waals surface area contributed by atoms with Crippen LogP contribution in [0.1, 0.15) is 61.4 Å². The van der Waals surface area contributed by atoms with Crippen molar-refractivity contribution in [2.75, 3.05) is 0 Å². The largest absolute Gasteiger partial charge is 0.481 e. The van der Waals surface area contributed by atoms with Gasteiger partial charge in [0.15, 0.2) is 6.10 Å². The minimum absolute atomic E-state index is 0.00939. The molecule has 0 aliphatic carbocycles. The number of aryl methyl sites for hydroxylation is 1. The number of ether oxygens (including phenoxy) is 3. The molecule has 29 nitrogen and oxygen atoms in total. The van der Waals surface area contributed by atoms with Crippen LogP contribution in [0.25, 0.3) is 0 Å². The molecule has 2 aromatic carbocycles. The second-order valence-corrected chi connectivity index (χ2v) is 15.2. The number of esters is 4. The fourth-order valence-electron chi connectivity index (χ4n) is 4.80. The molecule has 30 heteroatoms. The summed E-state index contributed by atoms with van der Waals surface area (Å²) in [6, 6.07) is 13.6. The van der Waals surface area contributed by atoms with Crippen LogP contribution in [0.5, 0.6) is 0 Å². The summed E-state index contributed by atoms with van der Waals surface area (Å²) in [5.74, 6) is -25.9. The second kappa shape index (κ2) is 28.5. The topological polar surface area (TPSA) is 495 Å². The Morgan fingerprint density at radius 2 is 1.21 bits per heavy atom. The van der Waals surface area contributed by atoms with E-state index in [-0.39, 0.29) is 17.4 Å². The van der Waals surface area contributed by atoms with Gasteiger partial charge >= 0.3 is 77.6 Å². The maximum atomic E-state index is 12.3. The van der Waals surface area contributed by atoms with Crippen LogP contribution in [0.2, 0.25) is 0 Å². The molecule has 0 aromatic heterocycles. The predicted octanol–water partition coefficient (Wildman–Crippen LogP) is -0.355. The number of hydrogen-bond donors (Lipinski definition) is 10. The number of aliphatic hydroxyl groups is 1. The lowest BCUT2D eigenvalue weighted by atomic mass is 9.94. The fraction of sp³-hybridized carbons (Fsp3) is 0.325. The number of rotatable bonds is 25. The van der Waals surface area contributed by atoms with Gasteiger partial charge in [-0.25, -0.2) is 37.7 Å². The Morgan fingerprint density at radius 3 is 1.61 bits per heavy atom. The van der Waals surface area contributed by atoms with E-state index >= 15 is 0 Å². The summed E-state index contributed by atoms with van der Waals surface area (Å²) >= 11 is 0. The summed E-state index contributed by atoms with van der Waals surface area (Å²) in [6.07, 6.45) is -13.4. The number of aliphatic carboxylic acids is 8. The van der Waals surface area contributed by atoms with Crippen LogP contribution in [0.4, 0.5) is 0 Å². The third kappa shape index (κ3) is 21.8. The van der Waals surface area contributed by atoms with Crippen molar-refractivity contribution >= 4 is 87.7 Å². The van der Waals surface area contributed by atoms with Crippen LogP contribution in [0.15, 0.2) is 71.1 Å². The van der Waals surface area contributed by atoms with E-state index in [1.54, 1.807) is 44.2 Å². The lowest BCUT2D eigenvalue weighted by Crippen LogP contribution is -2.48. The lowest BCUT2D eigenvalue weighted by molar-refractivity contribution is -0.187. The molecule has 5 atom stereocenters. The van der Waals surface area contributed by atoms with Crippen molar-refractivity contribution in [1.82, 2.24) is 0 Å². The minimum Gasteiger partial charge on any atom is -0.481 e. The van der Waals surface area contributed by atoms with Crippen molar-refractivity contribution in [1.29, 1.82) is 0 Å². The van der Waals surface area contributed by atoms with Crippen LogP contribution in [0.3, 0.4) is 0 Å². The summed E-state index contributed by atoms with van der Waals surface area (Å²) < 4.78 is 42.1. The van der Waals surface area contributed by atoms with Gasteiger partial charge in [0.1, 0.15) is 5.92 Å². The molecule has 0 fully saturated rings. The zero-order valence-corrected chi connectivity index (χ0v) is 36.8. The molecule has 10 N–H and O–H groups in total. The molecule has 0 heterocycles. The number of benzene rings is 2. The zero-order chi connectivity index (χ0) is 54.3. The van der Waals surface area contributed by atoms with Gasteiger partial charge in [0.25, 0.3) is 10.1 Å². The molecule has 382 valence electrons. The van der Waals surface area contributed by atoms with Crippen LogP contribution in [0, 0.1) is 12.8 Å². The molecule has 0 bridgehead atoms. The maximum absolute atomic E-state index is 12.3. The van der Waals surface area contributed by atoms with Gasteiger partial charge in [-0.2, -0.15) is 8.42 Å². The van der Waals surface area contributed by atoms with Gasteiger partial charge < -0.3 is 65.3 Å². The normalized spacial score (nSPS) is 13.4. The highest BCUT2D eigenvalue weighted by Gasteiger charge is 2.49. The van der Waals surface area contributed by atoms with Crippen molar-refractivity contribution in [3.8, 4) is 0 Å². The fourth-order valence-corrected chi connectivity index (χ4v) is 5.83. The van der Waals surface area contributed by atoms with E-state index in [9.17, 15) is 81.0 Å². The highest BCUT2D eigenvalue weighted by molar-refractivity contribution is 7.86. The van der Waals surface area contributed by atoms with Crippen LogP contribution in [-0.4, -0.2) is 161 Å². The van der Waals surface area contributed by atoms with Crippen LogP contribution < -0.4 is 0 Å². The van der Waals surface area contributed by atoms with E-state index < -0.39 is 149 Å². The van der Waals surface area contributed by atoms with E-state index in [1.807, 2.05) is 0 Å². The highest BCUT2D eigenvalue weighted by Crippen LogP contribution is 2.26. The summed E-state index contributed by atoms with van der Waals surface area (Å²) in [7, 11) is -4.58. The molecule has 2 aromatic rings. The molecular weight excluding hydrogens is 976 g/mol. The molecule has 5 unspecified atom stereocenters. The highest BCUT2D eigenvalue weighted by atomic mass is 32.2. The smallest absolute Gasteiger partial charge is 0.349 e. The van der Waals surface area contributed by atoms with Crippen molar-refractivity contribution < 1.29 is 140 Å². The Hall–Kier alpha value is -8.64. The SMILES string of the molecule is CCCC(=O)OC(C(=O)O)C(OS(=O)(=O)c1ccc(C)cc1)C(=O)O.O=C(O)/C=C(\CC(=O)O)C(=O)OC(CC(=O)O)(CC(=O)OC(=O)C(CC(=O)O)C(O)C(=O)O)C(=O)O.O=C(O)c1ccccc1.